The number of ether oxygens (including phenoxy) is 1. The fourth-order valence-corrected chi connectivity index (χ4v) is 3.73. The summed E-state index contributed by atoms with van der Waals surface area (Å²) >= 11 is 3.63. The lowest BCUT2D eigenvalue weighted by atomic mass is 10.2. The van der Waals surface area contributed by atoms with Gasteiger partial charge < -0.3 is 10.1 Å². The van der Waals surface area contributed by atoms with E-state index in [0.717, 1.165) is 26.2 Å². The molecule has 2 heterocycles. The normalized spacial score (nSPS) is 11.3. The summed E-state index contributed by atoms with van der Waals surface area (Å²) in [5, 5.41) is 7.94. The highest BCUT2D eigenvalue weighted by Crippen LogP contribution is 2.28. The quantitative estimate of drug-likeness (QED) is 0.643. The van der Waals surface area contributed by atoms with Crippen LogP contribution in [0.15, 0.2) is 35.0 Å². The zero-order valence-electron chi connectivity index (χ0n) is 12.0. The Morgan fingerprint density at radius 1 is 1.05 bits per heavy atom. The lowest BCUT2D eigenvalue weighted by Gasteiger charge is -2.16. The molecule has 2 nitrogen and oxygen atoms in total. The van der Waals surface area contributed by atoms with Crippen LogP contribution in [0.1, 0.15) is 42.0 Å². The molecule has 1 N–H and O–H groups in total. The van der Waals surface area contributed by atoms with Crippen molar-refractivity contribution in [3.05, 3.63) is 44.8 Å². The molecule has 2 rings (SSSR count). The molecule has 0 aliphatic rings. The molecular weight excluding hydrogens is 286 g/mol. The molecular formula is C16H23NOS2. The van der Waals surface area contributed by atoms with Crippen LogP contribution in [0.5, 0.6) is 0 Å². The summed E-state index contributed by atoms with van der Waals surface area (Å²) in [5.41, 5.74) is 0. The first-order chi connectivity index (χ1) is 9.92. The Hall–Kier alpha value is -0.680. The molecule has 0 saturated carbocycles. The molecule has 20 heavy (non-hydrogen) atoms. The van der Waals surface area contributed by atoms with E-state index in [0.29, 0.717) is 6.04 Å². The summed E-state index contributed by atoms with van der Waals surface area (Å²) in [5.74, 6) is 0. The minimum Gasteiger partial charge on any atom is -0.381 e. The molecule has 2 aromatic heterocycles. The molecule has 0 saturated heterocycles. The molecule has 0 aliphatic heterocycles. The summed E-state index contributed by atoms with van der Waals surface area (Å²) in [4.78, 5) is 2.78. The Bertz CT molecular complexity index is 405. The van der Waals surface area contributed by atoms with Crippen LogP contribution in [0.4, 0.5) is 0 Å². The fourth-order valence-electron chi connectivity index (χ4n) is 2.02. The number of hydrogen-bond acceptors (Lipinski definition) is 4. The molecule has 2 aromatic rings. The Morgan fingerprint density at radius 2 is 1.70 bits per heavy atom. The highest BCUT2D eigenvalue weighted by molar-refractivity contribution is 7.11. The van der Waals surface area contributed by atoms with Gasteiger partial charge in [0, 0.05) is 23.0 Å². The van der Waals surface area contributed by atoms with Gasteiger partial charge in [-0.05, 0) is 42.3 Å². The van der Waals surface area contributed by atoms with Gasteiger partial charge in [0.05, 0.1) is 6.04 Å². The Balaban J connectivity index is 1.75. The van der Waals surface area contributed by atoms with Crippen molar-refractivity contribution < 1.29 is 4.74 Å². The molecule has 0 aromatic carbocycles. The van der Waals surface area contributed by atoms with E-state index in [1.54, 1.807) is 0 Å². The van der Waals surface area contributed by atoms with Gasteiger partial charge in [-0.25, -0.2) is 0 Å². The summed E-state index contributed by atoms with van der Waals surface area (Å²) < 4.78 is 5.60. The molecule has 0 fully saturated rings. The van der Waals surface area contributed by atoms with Crippen molar-refractivity contribution in [2.75, 3.05) is 19.8 Å². The molecule has 0 amide bonds. The summed E-state index contributed by atoms with van der Waals surface area (Å²) in [7, 11) is 0. The average molecular weight is 310 g/mol. The van der Waals surface area contributed by atoms with Crippen LogP contribution in [0, 0.1) is 0 Å². The van der Waals surface area contributed by atoms with E-state index < -0.39 is 0 Å². The second kappa shape index (κ2) is 9.29. The standard InChI is InChI=1S/C16H23NOS2/c1-2-3-10-18-11-6-9-17-16(14-7-4-12-19-14)15-8-5-13-20-15/h4-5,7-8,12-13,16-17H,2-3,6,9-11H2,1H3. The van der Waals surface area contributed by atoms with Gasteiger partial charge in [0.1, 0.15) is 0 Å². The second-order valence-corrected chi connectivity index (χ2v) is 6.70. The minimum absolute atomic E-state index is 0.339. The number of unbranched alkanes of at least 4 members (excludes halogenated alkanes) is 1. The maximum Gasteiger partial charge on any atom is 0.0764 e. The first kappa shape index (κ1) is 15.7. The maximum absolute atomic E-state index is 5.60. The number of hydrogen-bond donors (Lipinski definition) is 1. The molecule has 0 unspecified atom stereocenters. The first-order valence-corrected chi connectivity index (χ1v) is 9.05. The largest absolute Gasteiger partial charge is 0.381 e. The molecule has 4 heteroatoms. The van der Waals surface area contributed by atoms with Crippen molar-refractivity contribution in [2.45, 2.75) is 32.2 Å². The van der Waals surface area contributed by atoms with Crippen molar-refractivity contribution in [3.63, 3.8) is 0 Å². The zero-order valence-corrected chi connectivity index (χ0v) is 13.6. The summed E-state index contributed by atoms with van der Waals surface area (Å²) in [6, 6.07) is 9.00. The molecule has 110 valence electrons. The van der Waals surface area contributed by atoms with Gasteiger partial charge >= 0.3 is 0 Å². The van der Waals surface area contributed by atoms with Crippen molar-refractivity contribution in [1.82, 2.24) is 5.32 Å². The van der Waals surface area contributed by atoms with Gasteiger partial charge in [0.2, 0.25) is 0 Å². The van der Waals surface area contributed by atoms with Gasteiger partial charge in [-0.15, -0.1) is 22.7 Å². The highest BCUT2D eigenvalue weighted by Gasteiger charge is 2.14. The number of rotatable bonds is 10. The zero-order chi connectivity index (χ0) is 14.0. The lowest BCUT2D eigenvalue weighted by molar-refractivity contribution is 0.128. The van der Waals surface area contributed by atoms with Crippen LogP contribution in [0.2, 0.25) is 0 Å². The molecule has 0 aliphatic carbocycles. The van der Waals surface area contributed by atoms with Crippen molar-refractivity contribution in [3.8, 4) is 0 Å². The average Bonchev–Trinajstić information content (AvgIpc) is 3.14. The third kappa shape index (κ3) is 5.02. The third-order valence-electron chi connectivity index (χ3n) is 3.11. The van der Waals surface area contributed by atoms with Gasteiger partial charge in [-0.2, -0.15) is 0 Å². The minimum atomic E-state index is 0.339. The number of thiophene rings is 2. The van der Waals surface area contributed by atoms with Gasteiger partial charge in [0.15, 0.2) is 0 Å². The van der Waals surface area contributed by atoms with E-state index >= 15 is 0 Å². The van der Waals surface area contributed by atoms with E-state index in [2.05, 4.69) is 47.3 Å². The molecule has 0 atom stereocenters. The maximum atomic E-state index is 5.60. The van der Waals surface area contributed by atoms with E-state index in [1.807, 2.05) is 22.7 Å². The van der Waals surface area contributed by atoms with Crippen LogP contribution in [0.3, 0.4) is 0 Å². The predicted octanol–water partition coefficient (Wildman–Crippen LogP) is 4.70. The van der Waals surface area contributed by atoms with E-state index in [1.165, 1.54) is 22.6 Å². The van der Waals surface area contributed by atoms with Crippen LogP contribution in [-0.2, 0) is 4.74 Å². The summed E-state index contributed by atoms with van der Waals surface area (Å²) in [6.07, 6.45) is 3.44. The SMILES string of the molecule is CCCCOCCCNC(c1cccs1)c1cccs1. The highest BCUT2D eigenvalue weighted by atomic mass is 32.1. The van der Waals surface area contributed by atoms with Crippen LogP contribution < -0.4 is 5.32 Å². The molecule has 0 radical (unpaired) electrons. The Morgan fingerprint density at radius 3 is 2.25 bits per heavy atom. The van der Waals surface area contributed by atoms with Crippen LogP contribution in [0.25, 0.3) is 0 Å². The van der Waals surface area contributed by atoms with E-state index in [4.69, 9.17) is 4.74 Å². The second-order valence-electron chi connectivity index (χ2n) is 4.74. The fraction of sp³-hybridized carbons (Fsp3) is 0.500. The lowest BCUT2D eigenvalue weighted by Crippen LogP contribution is -2.23. The predicted molar refractivity (Wildman–Crippen MR) is 88.8 cm³/mol. The Kier molecular flexibility index (Phi) is 7.30. The van der Waals surface area contributed by atoms with Gasteiger partial charge in [-0.1, -0.05) is 25.5 Å². The molecule has 0 bridgehead atoms. The third-order valence-corrected chi connectivity index (χ3v) is 4.99. The van der Waals surface area contributed by atoms with Crippen molar-refractivity contribution in [1.29, 1.82) is 0 Å². The van der Waals surface area contributed by atoms with Crippen molar-refractivity contribution in [2.24, 2.45) is 0 Å². The van der Waals surface area contributed by atoms with Gasteiger partial charge in [-0.3, -0.25) is 0 Å². The first-order valence-electron chi connectivity index (χ1n) is 7.29. The van der Waals surface area contributed by atoms with Crippen LogP contribution in [-0.4, -0.2) is 19.8 Å². The van der Waals surface area contributed by atoms with Gasteiger partial charge in [0.25, 0.3) is 0 Å². The van der Waals surface area contributed by atoms with Crippen LogP contribution >= 0.6 is 22.7 Å². The topological polar surface area (TPSA) is 21.3 Å². The van der Waals surface area contributed by atoms with E-state index in [-0.39, 0.29) is 0 Å². The molecule has 0 spiro atoms. The monoisotopic (exact) mass is 309 g/mol. The van der Waals surface area contributed by atoms with E-state index in [9.17, 15) is 0 Å². The van der Waals surface area contributed by atoms with Crippen molar-refractivity contribution >= 4 is 22.7 Å². The smallest absolute Gasteiger partial charge is 0.0764 e. The summed E-state index contributed by atoms with van der Waals surface area (Å²) in [6.45, 7) is 4.94. The Labute approximate surface area is 129 Å². The number of nitrogens with one attached hydrogen (secondary N) is 1.